The number of carbonyl (C=O) groups excluding carboxylic acids is 1. The lowest BCUT2D eigenvalue weighted by molar-refractivity contribution is 0.0948. The lowest BCUT2D eigenvalue weighted by Crippen LogP contribution is -2.27. The van der Waals surface area contributed by atoms with Crippen molar-refractivity contribution in [3.05, 3.63) is 76.2 Å². The number of nitrogens with one attached hydrogen (secondary N) is 2. The second-order valence-corrected chi connectivity index (χ2v) is 4.95. The minimum absolute atomic E-state index is 0.206. The van der Waals surface area contributed by atoms with Crippen molar-refractivity contribution in [1.82, 2.24) is 15.5 Å². The number of hydrogen-bond acceptors (Lipinski definition) is 3. The van der Waals surface area contributed by atoms with E-state index in [9.17, 15) is 9.59 Å². The molecule has 0 fully saturated rings. The number of fused-ring (bicyclic) bond motifs is 1. The zero-order chi connectivity index (χ0) is 15.4. The topological polar surface area (TPSA) is 74.8 Å². The monoisotopic (exact) mass is 293 g/mol. The molecule has 5 heteroatoms. The molecule has 5 nitrogen and oxygen atoms in total. The van der Waals surface area contributed by atoms with Crippen LogP contribution in [0.2, 0.25) is 0 Å². The lowest BCUT2D eigenvalue weighted by atomic mass is 10.0. The molecule has 0 aliphatic rings. The van der Waals surface area contributed by atoms with Gasteiger partial charge in [-0.05, 0) is 28.8 Å². The van der Waals surface area contributed by atoms with Crippen molar-refractivity contribution in [1.29, 1.82) is 0 Å². The first-order valence-corrected chi connectivity index (χ1v) is 7.04. The van der Waals surface area contributed by atoms with Gasteiger partial charge in [-0.25, -0.2) is 5.10 Å². The predicted octanol–water partition coefficient (Wildman–Crippen LogP) is 1.90. The molecule has 0 aliphatic carbocycles. The number of H-pyrrole nitrogens is 1. The van der Waals surface area contributed by atoms with Gasteiger partial charge >= 0.3 is 0 Å². The number of hydrogen-bond donors (Lipinski definition) is 2. The van der Waals surface area contributed by atoms with Gasteiger partial charge in [-0.1, -0.05) is 42.5 Å². The average molecular weight is 293 g/mol. The molecule has 0 aliphatic heterocycles. The number of nitrogens with zero attached hydrogens (tertiary/aromatic N) is 1. The van der Waals surface area contributed by atoms with Gasteiger partial charge in [-0.3, -0.25) is 9.59 Å². The molecule has 3 aromatic rings. The van der Waals surface area contributed by atoms with Gasteiger partial charge in [0.05, 0.1) is 0 Å². The molecule has 0 spiro atoms. The Hall–Kier alpha value is -2.95. The predicted molar refractivity (Wildman–Crippen MR) is 84.8 cm³/mol. The number of benzene rings is 2. The molecular formula is C17H15N3O2. The fraction of sp³-hybridized carbons (Fsp3) is 0.118. The Morgan fingerprint density at radius 2 is 1.86 bits per heavy atom. The molecule has 0 saturated carbocycles. The summed E-state index contributed by atoms with van der Waals surface area (Å²) in [5.74, 6) is -0.295. The van der Waals surface area contributed by atoms with Gasteiger partial charge < -0.3 is 5.32 Å². The second kappa shape index (κ2) is 6.22. The van der Waals surface area contributed by atoms with Gasteiger partial charge in [0.15, 0.2) is 0 Å². The Kier molecular flexibility index (Phi) is 3.96. The summed E-state index contributed by atoms with van der Waals surface area (Å²) < 4.78 is 0. The summed E-state index contributed by atoms with van der Waals surface area (Å²) in [5, 5.41) is 11.1. The minimum atomic E-state index is -0.327. The van der Waals surface area contributed by atoms with E-state index >= 15 is 0 Å². The molecule has 1 amide bonds. The maximum absolute atomic E-state index is 11.9. The van der Waals surface area contributed by atoms with E-state index in [0.29, 0.717) is 6.54 Å². The maximum atomic E-state index is 11.9. The second-order valence-electron chi connectivity index (χ2n) is 4.95. The molecule has 3 rings (SSSR count). The molecule has 2 N–H and O–H groups in total. The van der Waals surface area contributed by atoms with E-state index in [0.717, 1.165) is 6.42 Å². The molecule has 110 valence electrons. The van der Waals surface area contributed by atoms with Crippen molar-refractivity contribution in [3.63, 3.8) is 0 Å². The number of aromatic amines is 1. The van der Waals surface area contributed by atoms with Crippen LogP contribution in [0.1, 0.15) is 16.1 Å². The highest BCUT2D eigenvalue weighted by atomic mass is 16.2. The molecule has 2 aromatic carbocycles. The van der Waals surface area contributed by atoms with Crippen molar-refractivity contribution < 1.29 is 4.79 Å². The van der Waals surface area contributed by atoms with E-state index in [1.54, 1.807) is 0 Å². The molecule has 1 aromatic heterocycles. The lowest BCUT2D eigenvalue weighted by Gasteiger charge is -2.07. The molecule has 1 heterocycles. The fourth-order valence-corrected chi connectivity index (χ4v) is 2.38. The zero-order valence-electron chi connectivity index (χ0n) is 11.9. The number of aromatic nitrogens is 2. The molecular weight excluding hydrogens is 278 g/mol. The summed E-state index contributed by atoms with van der Waals surface area (Å²) in [6, 6.07) is 17.0. The summed E-state index contributed by atoms with van der Waals surface area (Å²) in [7, 11) is 0. The third kappa shape index (κ3) is 3.03. The summed E-state index contributed by atoms with van der Waals surface area (Å²) in [4.78, 5) is 22.8. The Bertz CT molecular complexity index is 845. The van der Waals surface area contributed by atoms with Gasteiger partial charge in [-0.15, -0.1) is 0 Å². The van der Waals surface area contributed by atoms with Crippen LogP contribution in [0.25, 0.3) is 10.8 Å². The van der Waals surface area contributed by atoms with Gasteiger partial charge in [-0.2, -0.15) is 5.10 Å². The zero-order valence-corrected chi connectivity index (χ0v) is 11.9. The van der Waals surface area contributed by atoms with Crippen LogP contribution in [0.15, 0.2) is 59.4 Å². The summed E-state index contributed by atoms with van der Waals surface area (Å²) in [6.45, 7) is 0.508. The van der Waals surface area contributed by atoms with Crippen LogP contribution in [-0.2, 0) is 6.42 Å². The van der Waals surface area contributed by atoms with Gasteiger partial charge in [0.2, 0.25) is 0 Å². The van der Waals surface area contributed by atoms with E-state index < -0.39 is 0 Å². The Balaban J connectivity index is 1.66. The van der Waals surface area contributed by atoms with Crippen LogP contribution < -0.4 is 10.9 Å². The largest absolute Gasteiger partial charge is 0.350 e. The molecule has 0 radical (unpaired) electrons. The van der Waals surface area contributed by atoms with Crippen molar-refractivity contribution >= 4 is 16.7 Å². The van der Waals surface area contributed by atoms with E-state index in [2.05, 4.69) is 39.8 Å². The number of rotatable bonds is 4. The van der Waals surface area contributed by atoms with Gasteiger partial charge in [0.25, 0.3) is 11.5 Å². The third-order valence-electron chi connectivity index (χ3n) is 3.47. The van der Waals surface area contributed by atoms with Crippen LogP contribution in [0, 0.1) is 0 Å². The van der Waals surface area contributed by atoms with Crippen LogP contribution in [-0.4, -0.2) is 22.6 Å². The van der Waals surface area contributed by atoms with Crippen LogP contribution in [0.5, 0.6) is 0 Å². The quantitative estimate of drug-likeness (QED) is 0.771. The fourth-order valence-electron chi connectivity index (χ4n) is 2.38. The van der Waals surface area contributed by atoms with Crippen molar-refractivity contribution in [3.8, 4) is 0 Å². The first-order valence-electron chi connectivity index (χ1n) is 7.04. The Labute approximate surface area is 127 Å². The summed E-state index contributed by atoms with van der Waals surface area (Å²) >= 11 is 0. The van der Waals surface area contributed by atoms with Crippen LogP contribution >= 0.6 is 0 Å². The smallest absolute Gasteiger partial charge is 0.271 e. The van der Waals surface area contributed by atoms with E-state index in [1.807, 2.05) is 18.2 Å². The van der Waals surface area contributed by atoms with E-state index in [1.165, 1.54) is 28.5 Å². The SMILES string of the molecule is O=C(NCCc1cccc2ccccc12)c1ccc(=O)[nH]n1. The molecule has 0 bridgehead atoms. The van der Waals surface area contributed by atoms with Crippen molar-refractivity contribution in [2.75, 3.05) is 6.54 Å². The minimum Gasteiger partial charge on any atom is -0.350 e. The standard InChI is InChI=1S/C17H15N3O2/c21-16-9-8-15(19-20-16)17(22)18-11-10-13-6-3-5-12-4-1-2-7-14(12)13/h1-9H,10-11H2,(H,18,22)(H,20,21). The third-order valence-corrected chi connectivity index (χ3v) is 3.47. The van der Waals surface area contributed by atoms with E-state index in [-0.39, 0.29) is 17.2 Å². The summed E-state index contributed by atoms with van der Waals surface area (Å²) in [6.07, 6.45) is 0.733. The molecule has 22 heavy (non-hydrogen) atoms. The summed E-state index contributed by atoms with van der Waals surface area (Å²) in [5.41, 5.74) is 1.07. The molecule has 0 unspecified atom stereocenters. The van der Waals surface area contributed by atoms with Gasteiger partial charge in [0, 0.05) is 12.6 Å². The highest BCUT2D eigenvalue weighted by molar-refractivity contribution is 5.92. The molecule has 0 saturated heterocycles. The first kappa shape index (κ1) is 14.0. The maximum Gasteiger partial charge on any atom is 0.271 e. The van der Waals surface area contributed by atoms with Crippen LogP contribution in [0.4, 0.5) is 0 Å². The Morgan fingerprint density at radius 3 is 2.68 bits per heavy atom. The highest BCUT2D eigenvalue weighted by Gasteiger charge is 2.07. The number of carbonyl (C=O) groups is 1. The Morgan fingerprint density at radius 1 is 1.05 bits per heavy atom. The average Bonchev–Trinajstić information content (AvgIpc) is 2.55. The number of amides is 1. The van der Waals surface area contributed by atoms with Crippen molar-refractivity contribution in [2.45, 2.75) is 6.42 Å². The highest BCUT2D eigenvalue weighted by Crippen LogP contribution is 2.18. The van der Waals surface area contributed by atoms with E-state index in [4.69, 9.17) is 0 Å². The van der Waals surface area contributed by atoms with Gasteiger partial charge in [0.1, 0.15) is 5.69 Å². The van der Waals surface area contributed by atoms with Crippen LogP contribution in [0.3, 0.4) is 0 Å². The molecule has 0 atom stereocenters. The van der Waals surface area contributed by atoms with Crippen molar-refractivity contribution in [2.24, 2.45) is 0 Å². The normalized spacial score (nSPS) is 10.5. The first-order chi connectivity index (χ1) is 10.7.